The van der Waals surface area contributed by atoms with Crippen LogP contribution in [0.5, 0.6) is 0 Å². The first-order chi connectivity index (χ1) is 6.34. The van der Waals surface area contributed by atoms with Gasteiger partial charge in [0.1, 0.15) is 0 Å². The van der Waals surface area contributed by atoms with Crippen LogP contribution < -0.4 is 0 Å². The summed E-state index contributed by atoms with van der Waals surface area (Å²) in [5.41, 5.74) is 0. The summed E-state index contributed by atoms with van der Waals surface area (Å²) in [4.78, 5) is 2.63. The molecule has 0 spiro atoms. The van der Waals surface area contributed by atoms with Gasteiger partial charge in [-0.25, -0.2) is 0 Å². The van der Waals surface area contributed by atoms with Crippen LogP contribution in [0.2, 0.25) is 0 Å². The average Bonchev–Trinajstić information content (AvgIpc) is 2.78. The summed E-state index contributed by atoms with van der Waals surface area (Å²) < 4.78 is 0. The van der Waals surface area contributed by atoms with E-state index >= 15 is 0 Å². The molecule has 0 N–H and O–H groups in total. The van der Waals surface area contributed by atoms with Crippen molar-refractivity contribution in [1.29, 1.82) is 0 Å². The second kappa shape index (κ2) is 2.03. The van der Waals surface area contributed by atoms with Crippen LogP contribution in [0.15, 0.2) is 12.2 Å². The molecule has 2 saturated carbocycles. The van der Waals surface area contributed by atoms with Crippen molar-refractivity contribution in [2.45, 2.75) is 18.9 Å². The van der Waals surface area contributed by atoms with E-state index in [9.17, 15) is 0 Å². The number of hydrogen-bond donors (Lipinski definition) is 0. The minimum atomic E-state index is 0.954. The summed E-state index contributed by atoms with van der Waals surface area (Å²) >= 11 is 0. The maximum atomic E-state index is 2.63. The maximum absolute atomic E-state index is 2.63. The highest BCUT2D eigenvalue weighted by Crippen LogP contribution is 2.61. The van der Waals surface area contributed by atoms with Crippen molar-refractivity contribution in [3.8, 4) is 0 Å². The Labute approximate surface area is 79.8 Å². The van der Waals surface area contributed by atoms with Gasteiger partial charge >= 0.3 is 0 Å². The summed E-state index contributed by atoms with van der Waals surface area (Å²) in [5.74, 6) is 5.15. The van der Waals surface area contributed by atoms with E-state index in [4.69, 9.17) is 0 Å². The van der Waals surface area contributed by atoms with Gasteiger partial charge in [0.2, 0.25) is 0 Å². The third kappa shape index (κ3) is 0.665. The molecular weight excluding hydrogens is 158 g/mol. The topological polar surface area (TPSA) is 3.24 Å². The largest absolute Gasteiger partial charge is 0.303 e. The van der Waals surface area contributed by atoms with Crippen molar-refractivity contribution in [1.82, 2.24) is 4.90 Å². The smallest absolute Gasteiger partial charge is 0.0132 e. The maximum Gasteiger partial charge on any atom is 0.0132 e. The lowest BCUT2D eigenvalue weighted by molar-refractivity contribution is 0.124. The van der Waals surface area contributed by atoms with E-state index in [0.717, 1.165) is 35.6 Å². The van der Waals surface area contributed by atoms with Crippen molar-refractivity contribution in [3.05, 3.63) is 12.2 Å². The molecule has 3 aliphatic carbocycles. The minimum Gasteiger partial charge on any atom is -0.303 e. The number of rotatable bonds is 0. The van der Waals surface area contributed by atoms with Crippen LogP contribution in [-0.4, -0.2) is 24.5 Å². The fourth-order valence-corrected chi connectivity index (χ4v) is 4.90. The predicted molar refractivity (Wildman–Crippen MR) is 52.2 cm³/mol. The summed E-state index contributed by atoms with van der Waals surface area (Å²) in [7, 11) is 2.33. The highest BCUT2D eigenvalue weighted by Gasteiger charge is 2.59. The molecule has 1 nitrogen and oxygen atoms in total. The van der Waals surface area contributed by atoms with Crippen molar-refractivity contribution in [2.75, 3.05) is 13.6 Å². The van der Waals surface area contributed by atoms with E-state index in [1.54, 1.807) is 0 Å². The fraction of sp³-hybridized carbons (Fsp3) is 0.833. The van der Waals surface area contributed by atoms with Gasteiger partial charge in [0.25, 0.3) is 0 Å². The molecule has 0 aromatic carbocycles. The van der Waals surface area contributed by atoms with Gasteiger partial charge in [0.15, 0.2) is 0 Å². The van der Waals surface area contributed by atoms with Crippen LogP contribution in [-0.2, 0) is 0 Å². The van der Waals surface area contributed by atoms with Gasteiger partial charge in [-0.05, 0) is 49.5 Å². The average molecular weight is 175 g/mol. The van der Waals surface area contributed by atoms with E-state index in [2.05, 4.69) is 24.1 Å². The van der Waals surface area contributed by atoms with E-state index in [-0.39, 0.29) is 0 Å². The van der Waals surface area contributed by atoms with E-state index in [1.165, 1.54) is 19.4 Å². The highest BCUT2D eigenvalue weighted by molar-refractivity contribution is 5.21. The number of hydrogen-bond acceptors (Lipinski definition) is 1. The zero-order chi connectivity index (χ0) is 8.58. The Morgan fingerprint density at radius 2 is 1.85 bits per heavy atom. The molecule has 1 heteroatoms. The van der Waals surface area contributed by atoms with E-state index in [1.807, 2.05) is 0 Å². The molecule has 1 saturated heterocycles. The molecule has 13 heavy (non-hydrogen) atoms. The molecule has 1 heterocycles. The van der Waals surface area contributed by atoms with Gasteiger partial charge in [-0.1, -0.05) is 12.2 Å². The number of likely N-dealkylation sites (tertiary alicyclic amines) is 1. The molecule has 0 amide bonds. The first-order valence-corrected chi connectivity index (χ1v) is 5.73. The second-order valence-corrected chi connectivity index (χ2v) is 5.61. The molecule has 4 rings (SSSR count). The molecule has 0 aromatic rings. The lowest BCUT2D eigenvalue weighted by atomic mass is 9.78. The van der Waals surface area contributed by atoms with Gasteiger partial charge in [0.05, 0.1) is 0 Å². The van der Waals surface area contributed by atoms with E-state index in [0.29, 0.717) is 0 Å². The van der Waals surface area contributed by atoms with Crippen molar-refractivity contribution in [3.63, 3.8) is 0 Å². The quantitative estimate of drug-likeness (QED) is 0.400. The van der Waals surface area contributed by atoms with Gasteiger partial charge in [-0.3, -0.25) is 0 Å². The summed E-state index contributed by atoms with van der Waals surface area (Å²) in [5, 5.41) is 0. The Hall–Kier alpha value is -0.300. The molecule has 4 bridgehead atoms. The Kier molecular flexibility index (Phi) is 1.10. The van der Waals surface area contributed by atoms with Crippen molar-refractivity contribution < 1.29 is 0 Å². The number of nitrogens with zero attached hydrogens (tertiary/aromatic N) is 1. The third-order valence-electron chi connectivity index (χ3n) is 5.20. The first-order valence-electron chi connectivity index (χ1n) is 5.73. The van der Waals surface area contributed by atoms with Crippen LogP contribution in [0.4, 0.5) is 0 Å². The Morgan fingerprint density at radius 3 is 2.69 bits per heavy atom. The molecule has 70 valence electrons. The predicted octanol–water partition coefficient (Wildman–Crippen LogP) is 1.76. The molecule has 3 fully saturated rings. The molecular formula is C12H17N. The van der Waals surface area contributed by atoms with E-state index < -0.39 is 0 Å². The van der Waals surface area contributed by atoms with Gasteiger partial charge in [-0.2, -0.15) is 0 Å². The summed E-state index contributed by atoms with van der Waals surface area (Å²) in [6, 6.07) is 0.954. The Balaban J connectivity index is 1.79. The van der Waals surface area contributed by atoms with Crippen LogP contribution >= 0.6 is 0 Å². The highest BCUT2D eigenvalue weighted by atomic mass is 15.2. The number of piperidine rings is 1. The molecule has 0 aromatic heterocycles. The summed E-state index contributed by atoms with van der Waals surface area (Å²) in [6.07, 6.45) is 8.05. The summed E-state index contributed by atoms with van der Waals surface area (Å²) in [6.45, 7) is 1.39. The normalized spacial score (nSPS) is 62.2. The molecule has 6 atom stereocenters. The lowest BCUT2D eigenvalue weighted by Gasteiger charge is -2.37. The minimum absolute atomic E-state index is 0.954. The van der Waals surface area contributed by atoms with Crippen LogP contribution in [0.3, 0.4) is 0 Å². The number of fused-ring (bicyclic) bond motifs is 9. The van der Waals surface area contributed by atoms with Crippen LogP contribution in [0, 0.1) is 29.6 Å². The second-order valence-electron chi connectivity index (χ2n) is 5.61. The van der Waals surface area contributed by atoms with Crippen molar-refractivity contribution >= 4 is 0 Å². The first kappa shape index (κ1) is 7.05. The molecule has 6 unspecified atom stereocenters. The molecule has 4 aliphatic rings. The standard InChI is InChI=1S/C12H17N/c1-13-6-9-5-10(13)12-8-3-2-7(4-8)11(9)12/h2-3,7-12H,4-6H2,1H3. The fourth-order valence-electron chi connectivity index (χ4n) is 4.90. The zero-order valence-corrected chi connectivity index (χ0v) is 8.19. The van der Waals surface area contributed by atoms with Crippen molar-refractivity contribution in [2.24, 2.45) is 29.6 Å². The Bertz CT molecular complexity index is 283. The van der Waals surface area contributed by atoms with Gasteiger partial charge in [-0.15, -0.1) is 0 Å². The van der Waals surface area contributed by atoms with Crippen LogP contribution in [0.1, 0.15) is 12.8 Å². The van der Waals surface area contributed by atoms with Crippen LogP contribution in [0.25, 0.3) is 0 Å². The monoisotopic (exact) mass is 175 g/mol. The molecule has 0 radical (unpaired) electrons. The number of allylic oxidation sites excluding steroid dienone is 2. The zero-order valence-electron chi connectivity index (χ0n) is 8.19. The third-order valence-corrected chi connectivity index (χ3v) is 5.20. The SMILES string of the molecule is CN1CC2CC1C1C3C=CC(C3)C21. The Morgan fingerprint density at radius 1 is 1.08 bits per heavy atom. The van der Waals surface area contributed by atoms with Gasteiger partial charge < -0.3 is 4.90 Å². The van der Waals surface area contributed by atoms with Gasteiger partial charge in [0, 0.05) is 12.6 Å². The lowest BCUT2D eigenvalue weighted by Crippen LogP contribution is -2.41. The molecule has 1 aliphatic heterocycles.